The maximum Gasteiger partial charge on any atom is 0.171 e. The number of aliphatic hydroxyl groups excluding tert-OH is 1. The summed E-state index contributed by atoms with van der Waals surface area (Å²) >= 11 is 6.48. The van der Waals surface area contributed by atoms with Gasteiger partial charge in [-0.15, -0.1) is 0 Å². The molecule has 0 amide bonds. The topological polar surface area (TPSA) is 127 Å². The van der Waals surface area contributed by atoms with Gasteiger partial charge >= 0.3 is 0 Å². The van der Waals surface area contributed by atoms with E-state index in [1.807, 2.05) is 27.7 Å². The van der Waals surface area contributed by atoms with Crippen LogP contribution in [0.3, 0.4) is 0 Å². The van der Waals surface area contributed by atoms with Crippen molar-refractivity contribution >= 4 is 28.4 Å². The molecule has 1 aromatic heterocycles. The molecule has 1 unspecified atom stereocenters. The molecule has 3 rings (SSSR count). The summed E-state index contributed by atoms with van der Waals surface area (Å²) < 4.78 is 32.5. The van der Waals surface area contributed by atoms with Crippen LogP contribution in [0, 0.1) is 0 Å². The van der Waals surface area contributed by atoms with Crippen LogP contribution >= 0.6 is 11.6 Å². The Morgan fingerprint density at radius 2 is 1.97 bits per heavy atom. The average Bonchev–Trinajstić information content (AvgIpc) is 3.24. The highest BCUT2D eigenvalue weighted by molar-refractivity contribution is 7.84. The van der Waals surface area contributed by atoms with Crippen molar-refractivity contribution in [2.45, 2.75) is 82.8 Å². The number of pyridine rings is 1. The smallest absolute Gasteiger partial charge is 0.171 e. The number of nitrogens with one attached hydrogen (secondary N) is 1. The minimum Gasteiger partial charge on any atom is -0.493 e. The number of ether oxygens (including phenoxy) is 3. The molecular formula is C28H39ClN2O7S. The molecule has 1 aromatic carbocycles. The van der Waals surface area contributed by atoms with Crippen molar-refractivity contribution in [3.63, 3.8) is 0 Å². The van der Waals surface area contributed by atoms with E-state index >= 15 is 0 Å². The van der Waals surface area contributed by atoms with Gasteiger partial charge < -0.3 is 24.4 Å². The van der Waals surface area contributed by atoms with Gasteiger partial charge in [-0.2, -0.15) is 0 Å². The van der Waals surface area contributed by atoms with Gasteiger partial charge in [0.1, 0.15) is 18.8 Å². The largest absolute Gasteiger partial charge is 0.493 e. The Hall–Kier alpha value is -2.24. The van der Waals surface area contributed by atoms with E-state index in [0.29, 0.717) is 40.5 Å². The van der Waals surface area contributed by atoms with E-state index in [-0.39, 0.29) is 37.0 Å². The summed E-state index contributed by atoms with van der Waals surface area (Å²) in [6.07, 6.45) is 0.0334. The summed E-state index contributed by atoms with van der Waals surface area (Å²) in [5, 5.41) is 21.0. The average molecular weight is 583 g/mol. The monoisotopic (exact) mass is 582 g/mol. The number of hydrogen-bond donors (Lipinski definition) is 3. The summed E-state index contributed by atoms with van der Waals surface area (Å²) in [6.45, 7) is 11.1. The Morgan fingerprint density at radius 1 is 1.28 bits per heavy atom. The fraction of sp³-hybridized carbons (Fsp3) is 0.571. The summed E-state index contributed by atoms with van der Waals surface area (Å²) in [4.78, 5) is 17.4. The molecule has 0 aliphatic carbocycles. The Balaban J connectivity index is 1.82. The highest BCUT2D eigenvalue weighted by Gasteiger charge is 2.45. The van der Waals surface area contributed by atoms with Crippen LogP contribution in [0.25, 0.3) is 0 Å². The van der Waals surface area contributed by atoms with E-state index in [1.54, 1.807) is 38.1 Å². The normalized spacial score (nSPS) is 19.9. The van der Waals surface area contributed by atoms with Crippen LogP contribution in [-0.4, -0.2) is 56.4 Å². The number of benzene rings is 1. The highest BCUT2D eigenvalue weighted by Crippen LogP contribution is 2.45. The maximum atomic E-state index is 13.0. The van der Waals surface area contributed by atoms with Gasteiger partial charge in [0.2, 0.25) is 0 Å². The Morgan fingerprint density at radius 3 is 2.56 bits per heavy atom. The first kappa shape index (κ1) is 31.3. The molecule has 0 saturated carbocycles. The van der Waals surface area contributed by atoms with E-state index in [9.17, 15) is 19.2 Å². The van der Waals surface area contributed by atoms with Gasteiger partial charge in [0.05, 0.1) is 40.2 Å². The SMILES string of the molecule is CC[C@@]1(NS(=O)C(C)(C)C)COc2c1cc([C@](C)(O)CCC(=O)c1ccc(OC[C@@H](C)O)c(OC)c1)nc2Cl. The van der Waals surface area contributed by atoms with Gasteiger partial charge in [-0.3, -0.25) is 4.79 Å². The molecule has 216 valence electrons. The minimum atomic E-state index is -1.48. The second-order valence-corrected chi connectivity index (χ2v) is 13.4. The molecule has 0 bridgehead atoms. The predicted molar refractivity (Wildman–Crippen MR) is 151 cm³/mol. The molecule has 3 N–H and O–H groups in total. The Bertz CT molecular complexity index is 1230. The van der Waals surface area contributed by atoms with E-state index < -0.39 is 33.0 Å². The summed E-state index contributed by atoms with van der Waals surface area (Å²) in [5.41, 5.74) is -0.870. The lowest BCUT2D eigenvalue weighted by atomic mass is 9.87. The lowest BCUT2D eigenvalue weighted by Gasteiger charge is -2.32. The molecule has 4 atom stereocenters. The quantitative estimate of drug-likeness (QED) is 0.248. The fourth-order valence-corrected chi connectivity index (χ4v) is 5.35. The Kier molecular flexibility index (Phi) is 9.71. The number of aromatic nitrogens is 1. The second kappa shape index (κ2) is 12.1. The zero-order chi connectivity index (χ0) is 29.2. The van der Waals surface area contributed by atoms with Crippen molar-refractivity contribution in [2.75, 3.05) is 20.3 Å². The molecule has 39 heavy (non-hydrogen) atoms. The molecule has 0 fully saturated rings. The van der Waals surface area contributed by atoms with Crippen LogP contribution in [0.2, 0.25) is 5.15 Å². The molecule has 0 radical (unpaired) electrons. The van der Waals surface area contributed by atoms with Crippen LogP contribution in [0.5, 0.6) is 17.2 Å². The molecule has 2 heterocycles. The molecule has 1 aliphatic heterocycles. The molecule has 11 heteroatoms. The van der Waals surface area contributed by atoms with Crippen LogP contribution in [0.15, 0.2) is 24.3 Å². The third-order valence-corrected chi connectivity index (χ3v) is 8.66. The standard InChI is InChI=1S/C28H39ClN2O7S/c1-8-28(31-39(35)26(3,4)5)16-38-24-19(28)14-23(30-25(24)29)27(6,34)12-11-20(33)18-9-10-21(22(13-18)36-7)37-15-17(2)32/h9-10,13-14,17,31-32,34H,8,11-12,15-16H2,1-7H3/t17-,27-,28-,39?/m1/s1. The number of nitrogens with zero attached hydrogens (tertiary/aromatic N) is 1. The van der Waals surface area contributed by atoms with Gasteiger partial charge in [0, 0.05) is 17.5 Å². The van der Waals surface area contributed by atoms with E-state index in [2.05, 4.69) is 9.71 Å². The molecule has 0 spiro atoms. The third-order valence-electron chi connectivity index (χ3n) is 6.71. The van der Waals surface area contributed by atoms with Crippen LogP contribution in [0.1, 0.15) is 82.4 Å². The molecule has 9 nitrogen and oxygen atoms in total. The zero-order valence-corrected chi connectivity index (χ0v) is 25.2. The van der Waals surface area contributed by atoms with Crippen molar-refractivity contribution in [2.24, 2.45) is 0 Å². The van der Waals surface area contributed by atoms with E-state index in [0.717, 1.165) is 0 Å². The number of ketones is 1. The fourth-order valence-electron chi connectivity index (χ4n) is 4.12. The van der Waals surface area contributed by atoms with Crippen LogP contribution in [0.4, 0.5) is 0 Å². The first-order chi connectivity index (χ1) is 18.1. The van der Waals surface area contributed by atoms with Crippen molar-refractivity contribution < 1.29 is 33.4 Å². The first-order valence-corrected chi connectivity index (χ1v) is 14.4. The lowest BCUT2D eigenvalue weighted by Crippen LogP contribution is -2.49. The van der Waals surface area contributed by atoms with Gasteiger partial charge in [-0.1, -0.05) is 18.5 Å². The number of aliphatic hydroxyl groups is 2. The lowest BCUT2D eigenvalue weighted by molar-refractivity contribution is 0.0395. The number of methoxy groups -OCH3 is 1. The number of rotatable bonds is 12. The number of Topliss-reactive ketones (excluding diaryl/α,β-unsaturated/α-hetero) is 1. The summed E-state index contributed by atoms with van der Waals surface area (Å²) in [6, 6.07) is 6.54. The van der Waals surface area contributed by atoms with Crippen LogP contribution < -0.4 is 18.9 Å². The van der Waals surface area contributed by atoms with E-state index in [1.165, 1.54) is 7.11 Å². The van der Waals surface area contributed by atoms with Gasteiger partial charge in [-0.05, 0) is 71.7 Å². The number of carbonyl (C=O) groups is 1. The minimum absolute atomic E-state index is 0.0299. The summed E-state index contributed by atoms with van der Waals surface area (Å²) in [5.74, 6) is 0.992. The van der Waals surface area contributed by atoms with E-state index in [4.69, 9.17) is 25.8 Å². The van der Waals surface area contributed by atoms with Crippen LogP contribution in [-0.2, 0) is 22.1 Å². The maximum absolute atomic E-state index is 13.0. The van der Waals surface area contributed by atoms with Crippen molar-refractivity contribution in [1.29, 1.82) is 0 Å². The van der Waals surface area contributed by atoms with Crippen molar-refractivity contribution in [3.05, 3.63) is 46.2 Å². The van der Waals surface area contributed by atoms with Gasteiger partial charge in [0.15, 0.2) is 28.2 Å². The number of hydrogen-bond acceptors (Lipinski definition) is 8. The molecule has 2 aromatic rings. The highest BCUT2D eigenvalue weighted by atomic mass is 35.5. The van der Waals surface area contributed by atoms with Crippen molar-refractivity contribution in [3.8, 4) is 17.2 Å². The zero-order valence-electron chi connectivity index (χ0n) is 23.6. The number of fused-ring (bicyclic) bond motifs is 1. The second-order valence-electron chi connectivity index (χ2n) is 11.1. The third kappa shape index (κ3) is 7.10. The van der Waals surface area contributed by atoms with Gasteiger partial charge in [-0.25, -0.2) is 13.9 Å². The molecular weight excluding hydrogens is 544 g/mol. The number of halogens is 1. The predicted octanol–water partition coefficient (Wildman–Crippen LogP) is 4.42. The molecule has 0 saturated heterocycles. The van der Waals surface area contributed by atoms with Gasteiger partial charge in [0.25, 0.3) is 0 Å². The number of carbonyl (C=O) groups excluding carboxylic acids is 1. The Labute approximate surface area is 237 Å². The van der Waals surface area contributed by atoms with Crippen molar-refractivity contribution in [1.82, 2.24) is 9.71 Å². The molecule has 1 aliphatic rings. The first-order valence-electron chi connectivity index (χ1n) is 12.9. The summed E-state index contributed by atoms with van der Waals surface area (Å²) in [7, 11) is 0.0914.